The summed E-state index contributed by atoms with van der Waals surface area (Å²) in [5.41, 5.74) is 4.74. The van der Waals surface area contributed by atoms with Gasteiger partial charge in [0.2, 0.25) is 0 Å². The molecule has 0 aliphatic rings. The van der Waals surface area contributed by atoms with Crippen LogP contribution in [0.1, 0.15) is 0 Å². The van der Waals surface area contributed by atoms with Crippen LogP contribution in [0, 0.1) is 11.3 Å². The van der Waals surface area contributed by atoms with Crippen molar-refractivity contribution in [2.24, 2.45) is 5.73 Å². The molecule has 0 fully saturated rings. The summed E-state index contributed by atoms with van der Waals surface area (Å²) in [5, 5.41) is 7.90. The van der Waals surface area contributed by atoms with Gasteiger partial charge in [-0.3, -0.25) is 4.79 Å². The Morgan fingerprint density at radius 1 is 1.86 bits per heavy atom. The first-order valence-corrected chi connectivity index (χ1v) is 1.62. The van der Waals surface area contributed by atoms with E-state index in [1.807, 2.05) is 0 Å². The van der Waals surface area contributed by atoms with Crippen molar-refractivity contribution in [3.05, 3.63) is 11.8 Å². The lowest BCUT2D eigenvalue weighted by Gasteiger charge is -1.71. The molecule has 0 spiro atoms. The lowest BCUT2D eigenvalue weighted by molar-refractivity contribution is -0.104. The van der Waals surface area contributed by atoms with Crippen LogP contribution < -0.4 is 5.73 Å². The van der Waals surface area contributed by atoms with Crippen LogP contribution in [0.25, 0.3) is 0 Å². The van der Waals surface area contributed by atoms with Crippen molar-refractivity contribution in [2.45, 2.75) is 0 Å². The minimum Gasteiger partial charge on any atom is -0.403 e. The minimum absolute atomic E-state index is 0.0417. The second kappa shape index (κ2) is 2.91. The molecule has 0 heterocycles. The molecule has 0 saturated carbocycles. The van der Waals surface area contributed by atoms with Gasteiger partial charge in [-0.25, -0.2) is 0 Å². The number of rotatable bonds is 1. The van der Waals surface area contributed by atoms with E-state index in [-0.39, 0.29) is 5.57 Å². The van der Waals surface area contributed by atoms with Gasteiger partial charge in [0.05, 0.1) is 0 Å². The highest BCUT2D eigenvalue weighted by Gasteiger charge is 1.82. The van der Waals surface area contributed by atoms with Crippen LogP contribution in [0.15, 0.2) is 11.8 Å². The fraction of sp³-hybridized carbons (Fsp3) is 0. The molecule has 0 aliphatic carbocycles. The Balaban J connectivity index is 3.94. The topological polar surface area (TPSA) is 66.9 Å². The molecule has 0 rings (SSSR count). The summed E-state index contributed by atoms with van der Waals surface area (Å²) in [6.45, 7) is 0. The average molecular weight is 96.1 g/mol. The molecular weight excluding hydrogens is 92.1 g/mol. The molecule has 3 nitrogen and oxygen atoms in total. The third-order valence-electron chi connectivity index (χ3n) is 0.436. The Morgan fingerprint density at radius 3 is 2.43 bits per heavy atom. The highest BCUT2D eigenvalue weighted by Crippen LogP contribution is 1.76. The van der Waals surface area contributed by atoms with Crippen LogP contribution in [-0.4, -0.2) is 6.29 Å². The highest BCUT2D eigenvalue weighted by molar-refractivity contribution is 5.78. The van der Waals surface area contributed by atoms with Gasteiger partial charge in [0.1, 0.15) is 11.6 Å². The lowest BCUT2D eigenvalue weighted by atomic mass is 10.4. The van der Waals surface area contributed by atoms with Gasteiger partial charge < -0.3 is 5.73 Å². The minimum atomic E-state index is -0.0417. The predicted octanol–water partition coefficient (Wildman–Crippen LogP) is -0.449. The van der Waals surface area contributed by atoms with Crippen molar-refractivity contribution in [1.82, 2.24) is 0 Å². The van der Waals surface area contributed by atoms with Crippen molar-refractivity contribution in [1.29, 1.82) is 5.26 Å². The summed E-state index contributed by atoms with van der Waals surface area (Å²) in [7, 11) is 0. The van der Waals surface area contributed by atoms with E-state index in [0.29, 0.717) is 6.29 Å². The number of allylic oxidation sites excluding steroid dienone is 1. The van der Waals surface area contributed by atoms with E-state index in [2.05, 4.69) is 0 Å². The number of nitrogens with two attached hydrogens (primary N) is 1. The maximum Gasteiger partial charge on any atom is 0.162 e. The Hall–Kier alpha value is -1.30. The van der Waals surface area contributed by atoms with Gasteiger partial charge in [-0.05, 0) is 0 Å². The van der Waals surface area contributed by atoms with Crippen molar-refractivity contribution in [3.8, 4) is 6.07 Å². The average Bonchev–Trinajstić information content (AvgIpc) is 1.72. The third-order valence-corrected chi connectivity index (χ3v) is 0.436. The van der Waals surface area contributed by atoms with Crippen LogP contribution in [-0.2, 0) is 4.79 Å². The molecule has 0 saturated heterocycles. The predicted molar refractivity (Wildman–Crippen MR) is 23.9 cm³/mol. The molecule has 36 valence electrons. The summed E-state index contributed by atoms with van der Waals surface area (Å²) in [5.74, 6) is 0. The summed E-state index contributed by atoms with van der Waals surface area (Å²) in [4.78, 5) is 9.60. The molecule has 0 aromatic carbocycles. The van der Waals surface area contributed by atoms with E-state index in [0.717, 1.165) is 6.20 Å². The van der Waals surface area contributed by atoms with Gasteiger partial charge in [-0.1, -0.05) is 0 Å². The Bertz CT molecular complexity index is 131. The largest absolute Gasteiger partial charge is 0.403 e. The van der Waals surface area contributed by atoms with Crippen molar-refractivity contribution in [3.63, 3.8) is 0 Å². The molecule has 0 aromatic rings. The zero-order valence-electron chi connectivity index (χ0n) is 3.59. The molecule has 0 aliphatic heterocycles. The van der Waals surface area contributed by atoms with E-state index in [1.165, 1.54) is 0 Å². The standard InChI is InChI=1S/C4H4N2O/c5-1-4(2-6)3-7/h1,3H,5H2/b4-1+. The number of aldehydes is 1. The SMILES string of the molecule is N#C/C(C=O)=C\N. The fourth-order valence-electron chi connectivity index (χ4n) is 0.103. The first kappa shape index (κ1) is 5.70. The van der Waals surface area contributed by atoms with Gasteiger partial charge in [0.25, 0.3) is 0 Å². The first-order valence-electron chi connectivity index (χ1n) is 1.62. The maximum atomic E-state index is 9.60. The Kier molecular flexibility index (Phi) is 2.37. The van der Waals surface area contributed by atoms with Crippen molar-refractivity contribution in [2.75, 3.05) is 0 Å². The molecule has 0 atom stereocenters. The van der Waals surface area contributed by atoms with Crippen LogP contribution >= 0.6 is 0 Å². The van der Waals surface area contributed by atoms with Crippen LogP contribution in [0.2, 0.25) is 0 Å². The van der Waals surface area contributed by atoms with Gasteiger partial charge in [-0.15, -0.1) is 0 Å². The van der Waals surface area contributed by atoms with Gasteiger partial charge >= 0.3 is 0 Å². The van der Waals surface area contributed by atoms with Gasteiger partial charge in [0, 0.05) is 6.20 Å². The summed E-state index contributed by atoms with van der Waals surface area (Å²) in [6, 6.07) is 1.57. The first-order chi connectivity index (χ1) is 3.35. The molecule has 0 aromatic heterocycles. The normalized spacial score (nSPS) is 9.86. The van der Waals surface area contributed by atoms with Crippen molar-refractivity contribution >= 4 is 6.29 Å². The summed E-state index contributed by atoms with van der Waals surface area (Å²) >= 11 is 0. The molecule has 0 radical (unpaired) electrons. The molecule has 2 N–H and O–H groups in total. The summed E-state index contributed by atoms with van der Waals surface area (Å²) in [6.07, 6.45) is 1.37. The van der Waals surface area contributed by atoms with E-state index in [1.54, 1.807) is 6.07 Å². The van der Waals surface area contributed by atoms with Crippen LogP contribution in [0.4, 0.5) is 0 Å². The van der Waals surface area contributed by atoms with Crippen molar-refractivity contribution < 1.29 is 4.79 Å². The molecule has 3 heteroatoms. The third kappa shape index (κ3) is 1.55. The molecular formula is C4H4N2O. The fourth-order valence-corrected chi connectivity index (χ4v) is 0.103. The number of carbonyl (C=O) groups excluding carboxylic acids is 1. The zero-order valence-corrected chi connectivity index (χ0v) is 3.59. The monoisotopic (exact) mass is 96.0 g/mol. The second-order valence-electron chi connectivity index (χ2n) is 0.852. The van der Waals surface area contributed by atoms with E-state index in [4.69, 9.17) is 11.0 Å². The smallest absolute Gasteiger partial charge is 0.162 e. The quantitative estimate of drug-likeness (QED) is 0.273. The number of nitrogens with zero attached hydrogens (tertiary/aromatic N) is 1. The Morgan fingerprint density at radius 2 is 2.43 bits per heavy atom. The molecule has 0 unspecified atom stereocenters. The van der Waals surface area contributed by atoms with Crippen LogP contribution in [0.5, 0.6) is 0 Å². The number of nitriles is 1. The van der Waals surface area contributed by atoms with Gasteiger partial charge in [-0.2, -0.15) is 5.26 Å². The molecule has 0 amide bonds. The summed E-state index contributed by atoms with van der Waals surface area (Å²) < 4.78 is 0. The van der Waals surface area contributed by atoms with E-state index < -0.39 is 0 Å². The number of hydrogen-bond donors (Lipinski definition) is 1. The second-order valence-corrected chi connectivity index (χ2v) is 0.852. The molecule has 7 heavy (non-hydrogen) atoms. The maximum absolute atomic E-state index is 9.60. The van der Waals surface area contributed by atoms with Crippen LogP contribution in [0.3, 0.4) is 0 Å². The highest BCUT2D eigenvalue weighted by atomic mass is 16.1. The lowest BCUT2D eigenvalue weighted by Crippen LogP contribution is -1.85. The van der Waals surface area contributed by atoms with E-state index >= 15 is 0 Å². The van der Waals surface area contributed by atoms with E-state index in [9.17, 15) is 4.79 Å². The molecule has 0 bridgehead atoms. The Labute approximate surface area is 41.0 Å². The van der Waals surface area contributed by atoms with Gasteiger partial charge in [0.15, 0.2) is 6.29 Å². The zero-order chi connectivity index (χ0) is 5.70. The number of hydrogen-bond acceptors (Lipinski definition) is 3. The number of carbonyl (C=O) groups is 1.